The Hall–Kier alpha value is -0.353. The number of unbranched alkanes of at least 4 members (excludes halogenated alkanes) is 2. The van der Waals surface area contributed by atoms with E-state index in [9.17, 15) is 0 Å². The molecule has 2 heteroatoms. The summed E-state index contributed by atoms with van der Waals surface area (Å²) in [5, 5.41) is 8.55. The smallest absolute Gasteiger partial charge is 0.396 e. The van der Waals surface area contributed by atoms with Gasteiger partial charge in [-0.05, 0) is 6.42 Å². The predicted molar refractivity (Wildman–Crippen MR) is 50.8 cm³/mol. The van der Waals surface area contributed by atoms with E-state index in [1.54, 1.807) is 0 Å². The zero-order valence-electron chi connectivity index (χ0n) is 8.24. The molecular weight excluding hydrogens is 155 g/mol. The first kappa shape index (κ1) is 12.6. The third-order valence-corrected chi connectivity index (χ3v) is 1.79. The zero-order valence-corrected chi connectivity index (χ0v) is 8.24. The van der Waals surface area contributed by atoms with Crippen molar-refractivity contribution in [2.45, 2.75) is 19.3 Å². The summed E-state index contributed by atoms with van der Waals surface area (Å²) in [6.45, 7) is 0.308. The van der Waals surface area contributed by atoms with Crippen LogP contribution in [0.15, 0.2) is 30.3 Å². The molecule has 0 spiro atoms. The molecule has 0 fully saturated rings. The first-order chi connectivity index (χ1) is 5.93. The Morgan fingerprint density at radius 2 is 1.77 bits per heavy atom. The van der Waals surface area contributed by atoms with Crippen molar-refractivity contribution in [3.05, 3.63) is 42.3 Å². The van der Waals surface area contributed by atoms with E-state index in [-0.39, 0.29) is 18.9 Å². The predicted octanol–water partition coefficient (Wildman–Crippen LogP) is -0.594. The van der Waals surface area contributed by atoms with Crippen molar-refractivity contribution in [3.63, 3.8) is 0 Å². The normalized spacial score (nSPS) is 9.00. The maximum atomic E-state index is 8.55. The van der Waals surface area contributed by atoms with Gasteiger partial charge in [0.05, 0.1) is 0 Å². The van der Waals surface area contributed by atoms with Gasteiger partial charge in [0.25, 0.3) is 0 Å². The van der Waals surface area contributed by atoms with Crippen LogP contribution in [0, 0.1) is 6.42 Å². The Bertz CT molecular complexity index is 199. The maximum absolute atomic E-state index is 8.55. The molecule has 1 rings (SSSR count). The summed E-state index contributed by atoms with van der Waals surface area (Å²) in [4.78, 5) is 0. The minimum atomic E-state index is 0. The molecule has 0 saturated heterocycles. The molecule has 0 aliphatic rings. The molecule has 66 valence electrons. The van der Waals surface area contributed by atoms with Crippen molar-refractivity contribution >= 4 is 0 Å². The monoisotopic (exact) mass is 170 g/mol. The number of aliphatic hydroxyl groups is 1. The summed E-state index contributed by atoms with van der Waals surface area (Å²) < 4.78 is 0. The van der Waals surface area contributed by atoms with Crippen LogP contribution in [-0.2, 0) is 0 Å². The standard InChI is InChI=1S/C11H15O.Li/c12-10-6-2-5-9-11-7-3-1-4-8-11;/h1,3-4,7-9,12H,2,5-6,10H2;/q-1;+1. The molecule has 0 bridgehead atoms. The Balaban J connectivity index is 0.00000144. The fraction of sp³-hybridized carbons (Fsp3) is 0.364. The first-order valence-electron chi connectivity index (χ1n) is 4.42. The van der Waals surface area contributed by atoms with E-state index in [2.05, 4.69) is 18.6 Å². The average molecular weight is 170 g/mol. The third-order valence-electron chi connectivity index (χ3n) is 1.79. The second-order valence-corrected chi connectivity index (χ2v) is 2.83. The van der Waals surface area contributed by atoms with Crippen LogP contribution >= 0.6 is 0 Å². The molecule has 13 heavy (non-hydrogen) atoms. The van der Waals surface area contributed by atoms with Gasteiger partial charge >= 0.3 is 18.9 Å². The van der Waals surface area contributed by atoms with Gasteiger partial charge in [0.1, 0.15) is 0 Å². The van der Waals surface area contributed by atoms with Crippen LogP contribution in [0.1, 0.15) is 24.8 Å². The molecule has 1 aromatic rings. The van der Waals surface area contributed by atoms with Crippen LogP contribution in [0.25, 0.3) is 0 Å². The van der Waals surface area contributed by atoms with E-state index < -0.39 is 0 Å². The molecule has 0 unspecified atom stereocenters. The van der Waals surface area contributed by atoms with Crippen molar-refractivity contribution in [1.29, 1.82) is 0 Å². The average Bonchev–Trinajstić information content (AvgIpc) is 2.14. The van der Waals surface area contributed by atoms with Crippen molar-refractivity contribution < 1.29 is 24.0 Å². The van der Waals surface area contributed by atoms with Gasteiger partial charge in [0.15, 0.2) is 0 Å². The van der Waals surface area contributed by atoms with Gasteiger partial charge < -0.3 is 5.11 Å². The zero-order chi connectivity index (χ0) is 8.65. The number of benzene rings is 1. The summed E-state index contributed by atoms with van der Waals surface area (Å²) in [5.41, 5.74) is 1.27. The van der Waals surface area contributed by atoms with E-state index >= 15 is 0 Å². The second-order valence-electron chi connectivity index (χ2n) is 2.83. The Labute approximate surface area is 92.3 Å². The molecule has 0 amide bonds. The molecule has 0 aliphatic carbocycles. The first-order valence-corrected chi connectivity index (χ1v) is 4.42. The fourth-order valence-electron chi connectivity index (χ4n) is 1.11. The van der Waals surface area contributed by atoms with Crippen LogP contribution in [0.3, 0.4) is 0 Å². The van der Waals surface area contributed by atoms with Gasteiger partial charge in [-0.2, -0.15) is 24.1 Å². The van der Waals surface area contributed by atoms with Crippen LogP contribution in [-0.4, -0.2) is 11.7 Å². The molecule has 1 nitrogen and oxygen atoms in total. The minimum Gasteiger partial charge on any atom is -0.396 e. The summed E-state index contributed by atoms with van der Waals surface area (Å²) in [5.74, 6) is 0. The molecule has 1 aromatic carbocycles. The van der Waals surface area contributed by atoms with Crippen molar-refractivity contribution in [2.75, 3.05) is 6.61 Å². The molecule has 1 N–H and O–H groups in total. The summed E-state index contributed by atoms with van der Waals surface area (Å²) >= 11 is 0. The van der Waals surface area contributed by atoms with E-state index in [0.717, 1.165) is 19.3 Å². The molecule has 0 radical (unpaired) electrons. The Morgan fingerprint density at radius 3 is 2.38 bits per heavy atom. The summed E-state index contributed by atoms with van der Waals surface area (Å²) in [6, 6.07) is 10.3. The largest absolute Gasteiger partial charge is 1.00 e. The van der Waals surface area contributed by atoms with Gasteiger partial charge in [-0.3, -0.25) is 0 Å². The summed E-state index contributed by atoms with van der Waals surface area (Å²) in [6.07, 6.45) is 5.25. The number of hydrogen-bond acceptors (Lipinski definition) is 1. The molecule has 0 heterocycles. The van der Waals surface area contributed by atoms with Gasteiger partial charge in [0, 0.05) is 6.61 Å². The van der Waals surface area contributed by atoms with Crippen molar-refractivity contribution in [2.24, 2.45) is 0 Å². The van der Waals surface area contributed by atoms with Gasteiger partial charge in [-0.1, -0.05) is 18.9 Å². The van der Waals surface area contributed by atoms with Crippen LogP contribution in [0.4, 0.5) is 0 Å². The van der Waals surface area contributed by atoms with Crippen LogP contribution < -0.4 is 18.9 Å². The molecule has 0 saturated carbocycles. The maximum Gasteiger partial charge on any atom is 1.00 e. The molecule has 0 atom stereocenters. The Morgan fingerprint density at radius 1 is 1.08 bits per heavy atom. The van der Waals surface area contributed by atoms with Crippen molar-refractivity contribution in [1.82, 2.24) is 0 Å². The van der Waals surface area contributed by atoms with Gasteiger partial charge in [-0.25, -0.2) is 0 Å². The topological polar surface area (TPSA) is 20.2 Å². The van der Waals surface area contributed by atoms with Gasteiger partial charge in [-0.15, -0.1) is 12.1 Å². The summed E-state index contributed by atoms with van der Waals surface area (Å²) in [7, 11) is 0. The van der Waals surface area contributed by atoms with Gasteiger partial charge in [0.2, 0.25) is 0 Å². The van der Waals surface area contributed by atoms with E-state index in [0.29, 0.717) is 6.61 Å². The fourth-order valence-corrected chi connectivity index (χ4v) is 1.11. The van der Waals surface area contributed by atoms with E-state index in [1.165, 1.54) is 5.56 Å². The molecular formula is C11H15LiO. The third kappa shape index (κ3) is 5.82. The molecule has 0 aromatic heterocycles. The van der Waals surface area contributed by atoms with E-state index in [4.69, 9.17) is 5.11 Å². The number of rotatable bonds is 5. The number of hydrogen-bond donors (Lipinski definition) is 1. The van der Waals surface area contributed by atoms with E-state index in [1.807, 2.05) is 18.2 Å². The minimum absolute atomic E-state index is 0. The quantitative estimate of drug-likeness (QED) is 0.355. The van der Waals surface area contributed by atoms with Crippen molar-refractivity contribution in [3.8, 4) is 0 Å². The second kappa shape index (κ2) is 8.25. The Kier molecular flexibility index (Phi) is 8.03. The van der Waals surface area contributed by atoms with Crippen LogP contribution in [0.2, 0.25) is 0 Å². The van der Waals surface area contributed by atoms with Crippen LogP contribution in [0.5, 0.6) is 0 Å². The SMILES string of the molecule is OCCCC[CH-]c1ccccc1.[Li+]. The molecule has 0 aliphatic heterocycles. The number of aliphatic hydroxyl groups excluding tert-OH is 1.